The van der Waals surface area contributed by atoms with E-state index >= 15 is 0 Å². The van der Waals surface area contributed by atoms with Gasteiger partial charge in [0.2, 0.25) is 5.91 Å². The Kier molecular flexibility index (Phi) is 2.75. The molecule has 1 saturated heterocycles. The van der Waals surface area contributed by atoms with Crippen LogP contribution in [-0.2, 0) is 4.79 Å². The molecule has 4 nitrogen and oxygen atoms in total. The lowest BCUT2D eigenvalue weighted by Gasteiger charge is -2.15. The van der Waals surface area contributed by atoms with Crippen LogP contribution >= 0.6 is 15.9 Å². The minimum atomic E-state index is -0.566. The molecule has 1 aromatic heterocycles. The molecule has 0 aromatic carbocycles. The van der Waals surface area contributed by atoms with Crippen molar-refractivity contribution in [3.05, 3.63) is 22.3 Å². The molecular formula is C10H11BrN2O2. The number of aliphatic hydroxyl groups is 1. The van der Waals surface area contributed by atoms with Gasteiger partial charge in [-0.1, -0.05) is 0 Å². The van der Waals surface area contributed by atoms with Gasteiger partial charge in [-0.25, -0.2) is 4.98 Å². The molecule has 1 fully saturated rings. The van der Waals surface area contributed by atoms with Crippen LogP contribution in [0.4, 0.5) is 5.82 Å². The van der Waals surface area contributed by atoms with E-state index in [1.807, 2.05) is 13.0 Å². The fraction of sp³-hybridized carbons (Fsp3) is 0.400. The molecule has 2 rings (SSSR count). The number of hydrogen-bond acceptors (Lipinski definition) is 3. The van der Waals surface area contributed by atoms with Gasteiger partial charge in [0, 0.05) is 10.7 Å². The largest absolute Gasteiger partial charge is 0.391 e. The second-order valence-corrected chi connectivity index (χ2v) is 4.51. The summed E-state index contributed by atoms with van der Waals surface area (Å²) in [5.74, 6) is 0.536. The smallest absolute Gasteiger partial charge is 0.230 e. The summed E-state index contributed by atoms with van der Waals surface area (Å²) in [6.07, 6.45) is 1.29. The van der Waals surface area contributed by atoms with E-state index in [1.165, 1.54) is 4.90 Å². The zero-order chi connectivity index (χ0) is 11.0. The van der Waals surface area contributed by atoms with E-state index in [4.69, 9.17) is 0 Å². The van der Waals surface area contributed by atoms with Crippen LogP contribution in [0.25, 0.3) is 0 Å². The topological polar surface area (TPSA) is 53.4 Å². The molecule has 0 bridgehead atoms. The van der Waals surface area contributed by atoms with Gasteiger partial charge in [0.25, 0.3) is 0 Å². The van der Waals surface area contributed by atoms with Crippen LogP contribution in [-0.4, -0.2) is 28.6 Å². The number of anilines is 1. The average Bonchev–Trinajstić information content (AvgIpc) is 2.50. The Labute approximate surface area is 96.1 Å². The molecule has 0 radical (unpaired) electrons. The van der Waals surface area contributed by atoms with Crippen molar-refractivity contribution in [2.75, 3.05) is 11.4 Å². The molecule has 0 spiro atoms. The van der Waals surface area contributed by atoms with Crippen LogP contribution in [0.15, 0.2) is 16.7 Å². The molecule has 2 heterocycles. The molecule has 1 atom stereocenters. The van der Waals surface area contributed by atoms with Gasteiger partial charge in [-0.15, -0.1) is 0 Å². The highest BCUT2D eigenvalue weighted by atomic mass is 79.9. The molecule has 1 aliphatic heterocycles. The highest BCUT2D eigenvalue weighted by Crippen LogP contribution is 2.23. The molecule has 5 heteroatoms. The number of hydrogen-bond donors (Lipinski definition) is 1. The number of halogens is 1. The van der Waals surface area contributed by atoms with Gasteiger partial charge >= 0.3 is 0 Å². The number of amides is 1. The van der Waals surface area contributed by atoms with E-state index in [1.54, 1.807) is 6.20 Å². The number of aliphatic hydroxyl groups excluding tert-OH is 1. The van der Waals surface area contributed by atoms with Crippen molar-refractivity contribution in [1.29, 1.82) is 0 Å². The lowest BCUT2D eigenvalue weighted by atomic mass is 10.3. The normalized spacial score (nSPS) is 21.1. The van der Waals surface area contributed by atoms with Gasteiger partial charge in [-0.2, -0.15) is 0 Å². The third-order valence-corrected chi connectivity index (χ3v) is 3.24. The molecular weight excluding hydrogens is 260 g/mol. The van der Waals surface area contributed by atoms with Crippen LogP contribution in [0.5, 0.6) is 0 Å². The number of rotatable bonds is 1. The van der Waals surface area contributed by atoms with Crippen molar-refractivity contribution >= 4 is 27.7 Å². The van der Waals surface area contributed by atoms with Crippen LogP contribution < -0.4 is 4.90 Å². The van der Waals surface area contributed by atoms with Crippen molar-refractivity contribution < 1.29 is 9.90 Å². The zero-order valence-corrected chi connectivity index (χ0v) is 9.86. The Morgan fingerprint density at radius 3 is 2.93 bits per heavy atom. The number of carbonyl (C=O) groups is 1. The first-order valence-electron chi connectivity index (χ1n) is 4.68. The van der Waals surface area contributed by atoms with Gasteiger partial charge in [0.1, 0.15) is 5.82 Å². The summed E-state index contributed by atoms with van der Waals surface area (Å²) in [4.78, 5) is 17.2. The van der Waals surface area contributed by atoms with E-state index in [0.717, 1.165) is 10.0 Å². The molecule has 1 N–H and O–H groups in total. The van der Waals surface area contributed by atoms with Crippen molar-refractivity contribution in [2.45, 2.75) is 19.4 Å². The van der Waals surface area contributed by atoms with Crippen molar-refractivity contribution in [2.24, 2.45) is 0 Å². The van der Waals surface area contributed by atoms with Gasteiger partial charge < -0.3 is 5.11 Å². The molecule has 80 valence electrons. The number of β-amino-alcohol motifs (C(OH)–C–C–N with tert-alkyl or cyclic N) is 1. The number of aromatic nitrogens is 1. The first-order chi connectivity index (χ1) is 7.08. The second-order valence-electron chi connectivity index (χ2n) is 3.65. The van der Waals surface area contributed by atoms with E-state index in [0.29, 0.717) is 12.4 Å². The summed E-state index contributed by atoms with van der Waals surface area (Å²) in [5.41, 5.74) is 1.02. The summed E-state index contributed by atoms with van der Waals surface area (Å²) < 4.78 is 0.915. The van der Waals surface area contributed by atoms with Crippen LogP contribution in [0, 0.1) is 6.92 Å². The highest BCUT2D eigenvalue weighted by molar-refractivity contribution is 9.10. The van der Waals surface area contributed by atoms with Crippen molar-refractivity contribution in [3.63, 3.8) is 0 Å². The maximum absolute atomic E-state index is 11.5. The maximum atomic E-state index is 11.5. The summed E-state index contributed by atoms with van der Waals surface area (Å²) in [6, 6.07) is 1.83. The number of aryl methyl sites for hydroxylation is 1. The Balaban J connectivity index is 2.30. The first-order valence-corrected chi connectivity index (χ1v) is 5.48. The third-order valence-electron chi connectivity index (χ3n) is 2.41. The number of carbonyl (C=O) groups excluding carboxylic acids is 1. The zero-order valence-electron chi connectivity index (χ0n) is 8.27. The molecule has 1 unspecified atom stereocenters. The first kappa shape index (κ1) is 10.6. The average molecular weight is 271 g/mol. The standard InChI is InChI=1S/C10H11BrN2O2/c1-6-2-9(12-4-8(6)11)13-5-7(14)3-10(13)15/h2,4,7,14H,3,5H2,1H3. The molecule has 0 aliphatic carbocycles. The van der Waals surface area contributed by atoms with Gasteiger partial charge in [-0.05, 0) is 34.5 Å². The van der Waals surface area contributed by atoms with Crippen LogP contribution in [0.1, 0.15) is 12.0 Å². The van der Waals surface area contributed by atoms with E-state index in [9.17, 15) is 9.90 Å². The second kappa shape index (κ2) is 3.90. The lowest BCUT2D eigenvalue weighted by Crippen LogP contribution is -2.26. The highest BCUT2D eigenvalue weighted by Gasteiger charge is 2.29. The van der Waals surface area contributed by atoms with E-state index in [-0.39, 0.29) is 12.3 Å². The summed E-state index contributed by atoms with van der Waals surface area (Å²) in [6.45, 7) is 2.28. The van der Waals surface area contributed by atoms with E-state index < -0.39 is 6.10 Å². The predicted octanol–water partition coefficient (Wildman–Crippen LogP) is 1.25. The summed E-state index contributed by atoms with van der Waals surface area (Å²) >= 11 is 3.35. The predicted molar refractivity (Wildman–Crippen MR) is 59.7 cm³/mol. The molecule has 15 heavy (non-hydrogen) atoms. The Morgan fingerprint density at radius 1 is 1.67 bits per heavy atom. The lowest BCUT2D eigenvalue weighted by molar-refractivity contribution is -0.117. The Bertz CT molecular complexity index is 408. The Morgan fingerprint density at radius 2 is 2.40 bits per heavy atom. The molecule has 1 amide bonds. The fourth-order valence-corrected chi connectivity index (χ4v) is 1.80. The molecule has 0 saturated carbocycles. The minimum absolute atomic E-state index is 0.0725. The van der Waals surface area contributed by atoms with Gasteiger partial charge in [0.15, 0.2) is 0 Å². The van der Waals surface area contributed by atoms with Crippen LogP contribution in [0.2, 0.25) is 0 Å². The molecule has 1 aromatic rings. The summed E-state index contributed by atoms with van der Waals surface area (Å²) in [5, 5.41) is 9.36. The van der Waals surface area contributed by atoms with Gasteiger partial charge in [0.05, 0.1) is 19.1 Å². The minimum Gasteiger partial charge on any atom is -0.391 e. The van der Waals surface area contributed by atoms with Crippen LogP contribution in [0.3, 0.4) is 0 Å². The number of pyridine rings is 1. The SMILES string of the molecule is Cc1cc(N2CC(O)CC2=O)ncc1Br. The maximum Gasteiger partial charge on any atom is 0.230 e. The monoisotopic (exact) mass is 270 g/mol. The fourth-order valence-electron chi connectivity index (χ4n) is 1.58. The third kappa shape index (κ3) is 2.03. The van der Waals surface area contributed by atoms with Gasteiger partial charge in [-0.3, -0.25) is 9.69 Å². The molecule has 1 aliphatic rings. The van der Waals surface area contributed by atoms with Crippen molar-refractivity contribution in [1.82, 2.24) is 4.98 Å². The van der Waals surface area contributed by atoms with Crippen molar-refractivity contribution in [3.8, 4) is 0 Å². The quantitative estimate of drug-likeness (QED) is 0.836. The Hall–Kier alpha value is -0.940. The summed E-state index contributed by atoms with van der Waals surface area (Å²) in [7, 11) is 0. The van der Waals surface area contributed by atoms with E-state index in [2.05, 4.69) is 20.9 Å². The number of nitrogens with zero attached hydrogens (tertiary/aromatic N) is 2.